The molecule has 128 valence electrons. The van der Waals surface area contributed by atoms with E-state index in [0.717, 1.165) is 23.2 Å². The van der Waals surface area contributed by atoms with E-state index in [1.807, 2.05) is 12.1 Å². The molecule has 3 rings (SSSR count). The minimum absolute atomic E-state index is 0.0279. The molecule has 1 aliphatic rings. The second-order valence-electron chi connectivity index (χ2n) is 5.76. The fourth-order valence-corrected chi connectivity index (χ4v) is 3.09. The first-order valence-electron chi connectivity index (χ1n) is 7.79. The number of carbonyl (C=O) groups excluding carboxylic acids is 2. The van der Waals surface area contributed by atoms with Gasteiger partial charge < -0.3 is 10.2 Å². The van der Waals surface area contributed by atoms with Gasteiger partial charge in [-0.15, -0.1) is 0 Å². The third kappa shape index (κ3) is 4.03. The number of hydrogen-bond acceptors (Lipinski definition) is 2. The van der Waals surface area contributed by atoms with Crippen molar-refractivity contribution in [1.82, 2.24) is 0 Å². The van der Waals surface area contributed by atoms with E-state index in [0.29, 0.717) is 22.3 Å². The number of nitrogens with zero attached hydrogens (tertiary/aromatic N) is 1. The molecule has 2 amide bonds. The SMILES string of the molecule is CC(=O)N1CCc2cc(NC(=O)C=Cc3ccc(Cl)c(Cl)c3)ccc21. The molecule has 0 fully saturated rings. The highest BCUT2D eigenvalue weighted by Gasteiger charge is 2.22. The summed E-state index contributed by atoms with van der Waals surface area (Å²) in [5, 5.41) is 3.74. The molecule has 6 heteroatoms. The van der Waals surface area contributed by atoms with E-state index in [4.69, 9.17) is 23.2 Å². The standard InChI is InChI=1S/C19H16Cl2N2O2/c1-12(24)23-9-8-14-11-15(4-6-18(14)23)22-19(25)7-3-13-2-5-16(20)17(21)10-13/h2-7,10-11H,8-9H2,1H3,(H,22,25). The second kappa shape index (κ2) is 7.30. The monoisotopic (exact) mass is 374 g/mol. The fraction of sp³-hybridized carbons (Fsp3) is 0.158. The normalized spacial score (nSPS) is 13.2. The summed E-state index contributed by atoms with van der Waals surface area (Å²) >= 11 is 11.8. The lowest BCUT2D eigenvalue weighted by Crippen LogP contribution is -2.25. The fourth-order valence-electron chi connectivity index (χ4n) is 2.78. The van der Waals surface area contributed by atoms with Crippen LogP contribution < -0.4 is 10.2 Å². The molecule has 25 heavy (non-hydrogen) atoms. The summed E-state index contributed by atoms with van der Waals surface area (Å²) in [6.45, 7) is 2.23. The molecule has 0 saturated heterocycles. The summed E-state index contributed by atoms with van der Waals surface area (Å²) in [5.74, 6) is -0.215. The molecule has 2 aromatic rings. The number of nitrogens with one attached hydrogen (secondary N) is 1. The molecule has 2 aromatic carbocycles. The zero-order chi connectivity index (χ0) is 18.0. The predicted octanol–water partition coefficient (Wildman–Crippen LogP) is 4.55. The number of carbonyl (C=O) groups is 2. The summed E-state index contributed by atoms with van der Waals surface area (Å²) < 4.78 is 0. The second-order valence-corrected chi connectivity index (χ2v) is 6.57. The minimum atomic E-state index is -0.243. The van der Waals surface area contributed by atoms with Crippen LogP contribution in [0.1, 0.15) is 18.1 Å². The van der Waals surface area contributed by atoms with E-state index in [9.17, 15) is 9.59 Å². The van der Waals surface area contributed by atoms with Crippen LogP contribution in [0.4, 0.5) is 11.4 Å². The van der Waals surface area contributed by atoms with Crippen molar-refractivity contribution in [2.75, 3.05) is 16.8 Å². The lowest BCUT2D eigenvalue weighted by atomic mass is 10.1. The molecule has 0 aromatic heterocycles. The van der Waals surface area contributed by atoms with Gasteiger partial charge in [-0.2, -0.15) is 0 Å². The summed E-state index contributed by atoms with van der Waals surface area (Å²) in [5.41, 5.74) is 3.46. The zero-order valence-electron chi connectivity index (χ0n) is 13.6. The molecular weight excluding hydrogens is 359 g/mol. The van der Waals surface area contributed by atoms with Gasteiger partial charge >= 0.3 is 0 Å². The summed E-state index contributed by atoms with van der Waals surface area (Å²) in [4.78, 5) is 25.4. The Bertz CT molecular complexity index is 878. The molecule has 1 heterocycles. The van der Waals surface area contributed by atoms with Crippen molar-refractivity contribution in [1.29, 1.82) is 0 Å². The van der Waals surface area contributed by atoms with Gasteiger partial charge in [0, 0.05) is 30.9 Å². The van der Waals surface area contributed by atoms with Crippen LogP contribution >= 0.6 is 23.2 Å². The van der Waals surface area contributed by atoms with Gasteiger partial charge in [0.1, 0.15) is 0 Å². The molecule has 0 saturated carbocycles. The summed E-state index contributed by atoms with van der Waals surface area (Å²) in [7, 11) is 0. The van der Waals surface area contributed by atoms with Crippen LogP contribution in [0.5, 0.6) is 0 Å². The maximum absolute atomic E-state index is 12.1. The van der Waals surface area contributed by atoms with E-state index in [1.54, 1.807) is 42.2 Å². The number of hydrogen-bond donors (Lipinski definition) is 1. The van der Waals surface area contributed by atoms with Crippen molar-refractivity contribution < 1.29 is 9.59 Å². The Hall–Kier alpha value is -2.30. The first kappa shape index (κ1) is 17.5. The van der Waals surface area contributed by atoms with Gasteiger partial charge in [-0.1, -0.05) is 29.3 Å². The van der Waals surface area contributed by atoms with Gasteiger partial charge in [-0.05, 0) is 54.0 Å². The zero-order valence-corrected chi connectivity index (χ0v) is 15.1. The van der Waals surface area contributed by atoms with Gasteiger partial charge in [-0.3, -0.25) is 9.59 Å². The van der Waals surface area contributed by atoms with Crippen molar-refractivity contribution in [3.63, 3.8) is 0 Å². The topological polar surface area (TPSA) is 49.4 Å². The first-order valence-corrected chi connectivity index (χ1v) is 8.55. The van der Waals surface area contributed by atoms with Crippen LogP contribution in [0.25, 0.3) is 6.08 Å². The lowest BCUT2D eigenvalue weighted by molar-refractivity contribution is -0.116. The Morgan fingerprint density at radius 3 is 2.64 bits per heavy atom. The summed E-state index contributed by atoms with van der Waals surface area (Å²) in [6, 6.07) is 10.7. The van der Waals surface area contributed by atoms with Gasteiger partial charge in [0.25, 0.3) is 0 Å². The van der Waals surface area contributed by atoms with Crippen molar-refractivity contribution in [2.45, 2.75) is 13.3 Å². The number of amides is 2. The Labute approximate surface area is 156 Å². The maximum atomic E-state index is 12.1. The average Bonchev–Trinajstić information content (AvgIpc) is 2.99. The highest BCUT2D eigenvalue weighted by atomic mass is 35.5. The smallest absolute Gasteiger partial charge is 0.248 e. The van der Waals surface area contributed by atoms with Gasteiger partial charge in [0.05, 0.1) is 10.0 Å². The number of halogens is 2. The van der Waals surface area contributed by atoms with Gasteiger partial charge in [0.2, 0.25) is 11.8 Å². The highest BCUT2D eigenvalue weighted by molar-refractivity contribution is 6.42. The molecular formula is C19H16Cl2N2O2. The van der Waals surface area contributed by atoms with Crippen LogP contribution in [-0.2, 0) is 16.0 Å². The van der Waals surface area contributed by atoms with Gasteiger partial charge in [-0.25, -0.2) is 0 Å². The third-order valence-electron chi connectivity index (χ3n) is 3.99. The van der Waals surface area contributed by atoms with Crippen LogP contribution in [0.2, 0.25) is 10.0 Å². The van der Waals surface area contributed by atoms with E-state index < -0.39 is 0 Å². The van der Waals surface area contributed by atoms with E-state index in [1.165, 1.54) is 6.08 Å². The highest BCUT2D eigenvalue weighted by Crippen LogP contribution is 2.30. The Morgan fingerprint density at radius 2 is 1.92 bits per heavy atom. The molecule has 4 nitrogen and oxygen atoms in total. The third-order valence-corrected chi connectivity index (χ3v) is 4.73. The van der Waals surface area contributed by atoms with Gasteiger partial charge in [0.15, 0.2) is 0 Å². The van der Waals surface area contributed by atoms with E-state index in [-0.39, 0.29) is 11.8 Å². The number of anilines is 2. The number of rotatable bonds is 3. The molecule has 0 unspecified atom stereocenters. The molecule has 0 atom stereocenters. The molecule has 0 radical (unpaired) electrons. The van der Waals surface area contributed by atoms with Crippen molar-refractivity contribution in [2.24, 2.45) is 0 Å². The van der Waals surface area contributed by atoms with Crippen LogP contribution in [-0.4, -0.2) is 18.4 Å². The Morgan fingerprint density at radius 1 is 1.12 bits per heavy atom. The number of fused-ring (bicyclic) bond motifs is 1. The summed E-state index contributed by atoms with van der Waals surface area (Å²) in [6.07, 6.45) is 3.90. The Kier molecular flexibility index (Phi) is 5.11. The predicted molar refractivity (Wildman–Crippen MR) is 102 cm³/mol. The van der Waals surface area contributed by atoms with Crippen LogP contribution in [0, 0.1) is 0 Å². The lowest BCUT2D eigenvalue weighted by Gasteiger charge is -2.14. The first-order chi connectivity index (χ1) is 11.9. The molecule has 0 spiro atoms. The molecule has 0 aliphatic carbocycles. The van der Waals surface area contributed by atoms with E-state index >= 15 is 0 Å². The molecule has 1 aliphatic heterocycles. The van der Waals surface area contributed by atoms with E-state index in [2.05, 4.69) is 5.32 Å². The van der Waals surface area contributed by atoms with Crippen LogP contribution in [0.15, 0.2) is 42.5 Å². The Balaban J connectivity index is 1.68. The molecule has 1 N–H and O–H groups in total. The maximum Gasteiger partial charge on any atom is 0.248 e. The number of benzene rings is 2. The largest absolute Gasteiger partial charge is 0.323 e. The van der Waals surface area contributed by atoms with Crippen molar-refractivity contribution in [3.05, 3.63) is 63.6 Å². The quantitative estimate of drug-likeness (QED) is 0.800. The van der Waals surface area contributed by atoms with Crippen molar-refractivity contribution >= 4 is 52.5 Å². The van der Waals surface area contributed by atoms with Crippen molar-refractivity contribution in [3.8, 4) is 0 Å². The van der Waals surface area contributed by atoms with Crippen LogP contribution in [0.3, 0.4) is 0 Å². The average molecular weight is 375 g/mol. The molecule has 0 bridgehead atoms. The minimum Gasteiger partial charge on any atom is -0.323 e.